The maximum atomic E-state index is 10.8. The Morgan fingerprint density at radius 3 is 2.60 bits per heavy atom. The zero-order valence-electron chi connectivity index (χ0n) is 8.18. The van der Waals surface area contributed by atoms with Crippen LogP contribution in [0.4, 0.5) is 0 Å². The van der Waals surface area contributed by atoms with Crippen LogP contribution in [0.5, 0.6) is 0 Å². The summed E-state index contributed by atoms with van der Waals surface area (Å²) in [6.45, 7) is 0. The van der Waals surface area contributed by atoms with E-state index in [1.807, 2.05) is 30.3 Å². The second kappa shape index (κ2) is 4.60. The van der Waals surface area contributed by atoms with E-state index < -0.39 is 0 Å². The van der Waals surface area contributed by atoms with Crippen molar-refractivity contribution in [1.29, 1.82) is 0 Å². The van der Waals surface area contributed by atoms with Crippen LogP contribution >= 0.6 is 0 Å². The van der Waals surface area contributed by atoms with Crippen molar-refractivity contribution < 1.29 is 4.92 Å². The Morgan fingerprint density at radius 1 is 1.20 bits per heavy atom. The molecule has 0 aliphatic heterocycles. The fraction of sp³-hybridized carbons (Fsp3) is 0.273. The molecule has 0 radical (unpaired) electrons. The Labute approximate surface area is 94.5 Å². The monoisotopic (exact) mass is 269 g/mol. The number of nitro groups is 1. The molecular formula is C11H11NO2Se. The maximum absolute atomic E-state index is 10.8. The first-order chi connectivity index (χ1) is 7.27. The standard InChI is InChI=1S/C11H11NO2Se/c13-12(14)10-7-4-8-11(10)15-9-5-2-1-3-6-9/h1-3,5-6H,4,7-8H2. The predicted octanol–water partition coefficient (Wildman–Crippen LogP) is 1.69. The van der Waals surface area contributed by atoms with Gasteiger partial charge in [0.2, 0.25) is 0 Å². The van der Waals surface area contributed by atoms with Crippen LogP contribution in [0.3, 0.4) is 0 Å². The summed E-state index contributed by atoms with van der Waals surface area (Å²) in [5.41, 5.74) is 0.471. The van der Waals surface area contributed by atoms with Gasteiger partial charge in [-0.2, -0.15) is 0 Å². The molecule has 0 saturated carbocycles. The van der Waals surface area contributed by atoms with Crippen LogP contribution in [0.2, 0.25) is 0 Å². The normalized spacial score (nSPS) is 15.7. The van der Waals surface area contributed by atoms with Crippen LogP contribution in [-0.2, 0) is 0 Å². The predicted molar refractivity (Wildman–Crippen MR) is 59.7 cm³/mol. The van der Waals surface area contributed by atoms with Gasteiger partial charge in [-0.15, -0.1) is 0 Å². The second-order valence-corrected chi connectivity index (χ2v) is 5.85. The van der Waals surface area contributed by atoms with Crippen molar-refractivity contribution in [2.24, 2.45) is 0 Å². The van der Waals surface area contributed by atoms with Gasteiger partial charge in [-0.3, -0.25) is 0 Å². The van der Waals surface area contributed by atoms with Crippen molar-refractivity contribution in [2.75, 3.05) is 0 Å². The van der Waals surface area contributed by atoms with Crippen molar-refractivity contribution >= 4 is 19.4 Å². The first-order valence-corrected chi connectivity index (χ1v) is 6.58. The molecule has 4 heteroatoms. The van der Waals surface area contributed by atoms with Gasteiger partial charge >= 0.3 is 94.2 Å². The molecule has 0 fully saturated rings. The third-order valence-electron chi connectivity index (χ3n) is 2.34. The summed E-state index contributed by atoms with van der Waals surface area (Å²) >= 11 is 0.139. The second-order valence-electron chi connectivity index (χ2n) is 3.40. The minimum atomic E-state index is -0.201. The third kappa shape index (κ3) is 2.46. The van der Waals surface area contributed by atoms with Crippen LogP contribution in [0.15, 0.2) is 40.5 Å². The van der Waals surface area contributed by atoms with Gasteiger partial charge in [0.05, 0.1) is 0 Å². The Hall–Kier alpha value is -1.12. The summed E-state index contributed by atoms with van der Waals surface area (Å²) in [4.78, 5) is 10.6. The quantitative estimate of drug-likeness (QED) is 0.475. The first-order valence-electron chi connectivity index (χ1n) is 4.86. The molecule has 0 amide bonds. The van der Waals surface area contributed by atoms with Crippen molar-refractivity contribution in [3.05, 3.63) is 50.6 Å². The van der Waals surface area contributed by atoms with E-state index in [4.69, 9.17) is 0 Å². The van der Waals surface area contributed by atoms with E-state index in [1.165, 1.54) is 4.46 Å². The number of hydrogen-bond acceptors (Lipinski definition) is 2. The Morgan fingerprint density at radius 2 is 1.93 bits per heavy atom. The zero-order chi connectivity index (χ0) is 10.7. The van der Waals surface area contributed by atoms with E-state index in [2.05, 4.69) is 0 Å². The number of nitrogens with zero attached hydrogens (tertiary/aromatic N) is 1. The van der Waals surface area contributed by atoms with Crippen molar-refractivity contribution in [1.82, 2.24) is 0 Å². The summed E-state index contributed by atoms with van der Waals surface area (Å²) < 4.78 is 2.29. The van der Waals surface area contributed by atoms with E-state index in [9.17, 15) is 10.1 Å². The Bertz CT molecular complexity index is 400. The Balaban J connectivity index is 2.18. The van der Waals surface area contributed by atoms with Crippen LogP contribution < -0.4 is 4.46 Å². The molecule has 2 rings (SSSR count). The van der Waals surface area contributed by atoms with Crippen molar-refractivity contribution in [2.45, 2.75) is 19.3 Å². The average molecular weight is 268 g/mol. The van der Waals surface area contributed by atoms with Crippen molar-refractivity contribution in [3.8, 4) is 0 Å². The SMILES string of the molecule is O=[N+]([O-])C1=C([Se]c2ccccc2)CCC1. The summed E-state index contributed by atoms with van der Waals surface area (Å²) in [5.74, 6) is 0. The van der Waals surface area contributed by atoms with Gasteiger partial charge in [0, 0.05) is 0 Å². The summed E-state index contributed by atoms with van der Waals surface area (Å²) in [7, 11) is 0. The fourth-order valence-electron chi connectivity index (χ4n) is 1.63. The molecule has 1 aromatic rings. The molecule has 0 aromatic heterocycles. The summed E-state index contributed by atoms with van der Waals surface area (Å²) in [5, 5.41) is 10.8. The molecule has 15 heavy (non-hydrogen) atoms. The van der Waals surface area contributed by atoms with Crippen LogP contribution in [0, 0.1) is 10.1 Å². The molecule has 0 heterocycles. The molecule has 0 N–H and O–H groups in total. The number of allylic oxidation sites excluding steroid dienone is 2. The van der Waals surface area contributed by atoms with Crippen LogP contribution in [0.1, 0.15) is 19.3 Å². The third-order valence-corrected chi connectivity index (χ3v) is 4.85. The Kier molecular flexibility index (Phi) is 3.19. The average Bonchev–Trinajstić information content (AvgIpc) is 2.67. The first kappa shape index (κ1) is 10.4. The van der Waals surface area contributed by atoms with Gasteiger partial charge in [0.25, 0.3) is 0 Å². The molecule has 1 aliphatic carbocycles. The van der Waals surface area contributed by atoms with Gasteiger partial charge < -0.3 is 0 Å². The van der Waals surface area contributed by atoms with E-state index in [-0.39, 0.29) is 19.9 Å². The molecular weight excluding hydrogens is 257 g/mol. The van der Waals surface area contributed by atoms with Gasteiger partial charge in [0.1, 0.15) is 0 Å². The van der Waals surface area contributed by atoms with E-state index in [0.717, 1.165) is 17.3 Å². The number of benzene rings is 1. The van der Waals surface area contributed by atoms with Gasteiger partial charge in [-0.1, -0.05) is 0 Å². The molecule has 1 aromatic carbocycles. The topological polar surface area (TPSA) is 43.1 Å². The zero-order valence-corrected chi connectivity index (χ0v) is 9.89. The van der Waals surface area contributed by atoms with E-state index in [0.29, 0.717) is 12.1 Å². The molecule has 78 valence electrons. The summed E-state index contributed by atoms with van der Waals surface area (Å²) in [6.07, 6.45) is 2.50. The number of rotatable bonds is 3. The fourth-order valence-corrected chi connectivity index (χ4v) is 3.98. The molecule has 0 bridgehead atoms. The van der Waals surface area contributed by atoms with Gasteiger partial charge in [-0.25, -0.2) is 0 Å². The molecule has 0 spiro atoms. The minimum absolute atomic E-state index is 0.139. The van der Waals surface area contributed by atoms with Crippen LogP contribution in [-0.4, -0.2) is 19.9 Å². The van der Waals surface area contributed by atoms with Gasteiger partial charge in [-0.05, 0) is 0 Å². The molecule has 0 atom stereocenters. The molecule has 3 nitrogen and oxygen atoms in total. The van der Waals surface area contributed by atoms with E-state index in [1.54, 1.807) is 0 Å². The molecule has 1 aliphatic rings. The van der Waals surface area contributed by atoms with Gasteiger partial charge in [0.15, 0.2) is 0 Å². The molecule has 0 saturated heterocycles. The van der Waals surface area contributed by atoms with E-state index >= 15 is 0 Å². The van der Waals surface area contributed by atoms with Crippen molar-refractivity contribution in [3.63, 3.8) is 0 Å². The van der Waals surface area contributed by atoms with Crippen LogP contribution in [0.25, 0.3) is 0 Å². The molecule has 0 unspecified atom stereocenters. The number of hydrogen-bond donors (Lipinski definition) is 0. The summed E-state index contributed by atoms with van der Waals surface area (Å²) in [6, 6.07) is 10.0.